The lowest BCUT2D eigenvalue weighted by atomic mass is 10.1. The van der Waals surface area contributed by atoms with Gasteiger partial charge in [-0.2, -0.15) is 5.26 Å². The molecule has 124 valence electrons. The molecule has 0 aliphatic rings. The molecule has 0 atom stereocenters. The van der Waals surface area contributed by atoms with Crippen molar-refractivity contribution in [1.82, 2.24) is 5.32 Å². The van der Waals surface area contributed by atoms with Gasteiger partial charge in [0.15, 0.2) is 11.5 Å². The Kier molecular flexibility index (Phi) is 8.43. The van der Waals surface area contributed by atoms with Crippen LogP contribution in [0, 0.1) is 14.9 Å². The Labute approximate surface area is 149 Å². The molecule has 0 fully saturated rings. The highest BCUT2D eigenvalue weighted by Gasteiger charge is 2.12. The lowest BCUT2D eigenvalue weighted by Gasteiger charge is -2.09. The number of hydrogen-bond donors (Lipinski definition) is 2. The van der Waals surface area contributed by atoms with Crippen molar-refractivity contribution in [2.75, 3.05) is 26.9 Å². The van der Waals surface area contributed by atoms with Crippen LogP contribution >= 0.6 is 22.6 Å². The molecule has 1 amide bonds. The maximum absolute atomic E-state index is 12.0. The first kappa shape index (κ1) is 19.3. The van der Waals surface area contributed by atoms with Crippen molar-refractivity contribution in [2.24, 2.45) is 0 Å². The van der Waals surface area contributed by atoms with Crippen molar-refractivity contribution in [1.29, 1.82) is 5.26 Å². The molecular formula is C16H19IN2O4. The number of amides is 1. The molecule has 1 aromatic rings. The van der Waals surface area contributed by atoms with E-state index in [-0.39, 0.29) is 11.3 Å². The van der Waals surface area contributed by atoms with E-state index in [0.29, 0.717) is 41.1 Å². The average Bonchev–Trinajstić information content (AvgIpc) is 2.53. The summed E-state index contributed by atoms with van der Waals surface area (Å²) in [4.78, 5) is 12.0. The third-order valence-corrected chi connectivity index (χ3v) is 3.66. The Balaban J connectivity index is 2.93. The highest BCUT2D eigenvalue weighted by Crippen LogP contribution is 2.33. The quantitative estimate of drug-likeness (QED) is 0.286. The van der Waals surface area contributed by atoms with Crippen LogP contribution in [0.25, 0.3) is 6.08 Å². The van der Waals surface area contributed by atoms with Crippen molar-refractivity contribution in [3.63, 3.8) is 0 Å². The van der Waals surface area contributed by atoms with Gasteiger partial charge in [0.1, 0.15) is 11.6 Å². The van der Waals surface area contributed by atoms with E-state index in [1.54, 1.807) is 19.2 Å². The van der Waals surface area contributed by atoms with E-state index in [9.17, 15) is 15.2 Å². The number of nitriles is 1. The number of nitrogens with zero attached hydrogens (tertiary/aromatic N) is 1. The Bertz CT molecular complexity index is 623. The second-order valence-electron chi connectivity index (χ2n) is 4.55. The van der Waals surface area contributed by atoms with Crippen LogP contribution in [-0.4, -0.2) is 37.9 Å². The average molecular weight is 430 g/mol. The normalized spacial score (nSPS) is 11.0. The van der Waals surface area contributed by atoms with Gasteiger partial charge in [-0.15, -0.1) is 0 Å². The van der Waals surface area contributed by atoms with Crippen LogP contribution in [0.4, 0.5) is 0 Å². The lowest BCUT2D eigenvalue weighted by Crippen LogP contribution is -2.26. The highest BCUT2D eigenvalue weighted by molar-refractivity contribution is 14.1. The molecule has 0 bridgehead atoms. The smallest absolute Gasteiger partial charge is 0.261 e. The molecule has 0 radical (unpaired) electrons. The van der Waals surface area contributed by atoms with Crippen molar-refractivity contribution in [2.45, 2.75) is 13.3 Å². The van der Waals surface area contributed by atoms with E-state index in [4.69, 9.17) is 9.47 Å². The highest BCUT2D eigenvalue weighted by atomic mass is 127. The molecule has 2 N–H and O–H groups in total. The number of carbonyl (C=O) groups excluding carboxylic acids is 1. The van der Waals surface area contributed by atoms with E-state index in [1.165, 1.54) is 6.08 Å². The molecule has 1 rings (SSSR count). The van der Waals surface area contributed by atoms with Gasteiger partial charge in [-0.1, -0.05) is 0 Å². The Morgan fingerprint density at radius 2 is 2.26 bits per heavy atom. The van der Waals surface area contributed by atoms with Crippen LogP contribution in [0.5, 0.6) is 11.5 Å². The number of ether oxygens (including phenoxy) is 2. The van der Waals surface area contributed by atoms with E-state index in [0.717, 1.165) is 0 Å². The number of aromatic hydroxyl groups is 1. The first-order valence-electron chi connectivity index (χ1n) is 7.07. The second kappa shape index (κ2) is 10.1. The standard InChI is InChI=1S/C16H19IN2O4/c1-3-23-14-9-11(8-13(17)15(14)20)7-12(10-18)16(21)19-5-4-6-22-2/h7-9,20H,3-6H2,1-2H3,(H,19,21)/b12-7+. The minimum atomic E-state index is -0.440. The topological polar surface area (TPSA) is 91.6 Å². The van der Waals surface area contributed by atoms with Crippen LogP contribution in [0.2, 0.25) is 0 Å². The summed E-state index contributed by atoms with van der Waals surface area (Å²) in [6.07, 6.45) is 2.14. The van der Waals surface area contributed by atoms with Gasteiger partial charge in [0.25, 0.3) is 5.91 Å². The molecule has 0 aromatic heterocycles. The Morgan fingerprint density at radius 3 is 2.87 bits per heavy atom. The second-order valence-corrected chi connectivity index (χ2v) is 5.72. The summed E-state index contributed by atoms with van der Waals surface area (Å²) >= 11 is 1.97. The summed E-state index contributed by atoms with van der Waals surface area (Å²) in [5, 5.41) is 21.7. The zero-order valence-electron chi connectivity index (χ0n) is 13.1. The van der Waals surface area contributed by atoms with Gasteiger partial charge in [0.05, 0.1) is 10.2 Å². The fourth-order valence-corrected chi connectivity index (χ4v) is 2.40. The number of phenolic OH excluding ortho intramolecular Hbond substituents is 1. The van der Waals surface area contributed by atoms with Crippen LogP contribution in [0.3, 0.4) is 0 Å². The summed E-state index contributed by atoms with van der Waals surface area (Å²) in [6.45, 7) is 3.19. The van der Waals surface area contributed by atoms with Crippen molar-refractivity contribution < 1.29 is 19.4 Å². The van der Waals surface area contributed by atoms with Crippen LogP contribution in [-0.2, 0) is 9.53 Å². The minimum absolute atomic E-state index is 0.00800. The monoisotopic (exact) mass is 430 g/mol. The zero-order chi connectivity index (χ0) is 17.2. The van der Waals surface area contributed by atoms with Crippen LogP contribution in [0.15, 0.2) is 17.7 Å². The number of carbonyl (C=O) groups is 1. The number of methoxy groups -OCH3 is 1. The third-order valence-electron chi connectivity index (χ3n) is 2.84. The molecule has 0 aliphatic heterocycles. The number of benzene rings is 1. The van der Waals surface area contributed by atoms with E-state index >= 15 is 0 Å². The van der Waals surface area contributed by atoms with Gasteiger partial charge in [0, 0.05) is 20.3 Å². The summed E-state index contributed by atoms with van der Waals surface area (Å²) in [7, 11) is 1.59. The number of phenols is 1. The van der Waals surface area contributed by atoms with Gasteiger partial charge in [0.2, 0.25) is 0 Å². The number of rotatable bonds is 8. The molecule has 1 aromatic carbocycles. The van der Waals surface area contributed by atoms with Gasteiger partial charge in [-0.3, -0.25) is 4.79 Å². The summed E-state index contributed by atoms with van der Waals surface area (Å²) in [5.41, 5.74) is 0.602. The first-order chi connectivity index (χ1) is 11.0. The fraction of sp³-hybridized carbons (Fsp3) is 0.375. The fourth-order valence-electron chi connectivity index (χ4n) is 1.77. The Morgan fingerprint density at radius 1 is 1.52 bits per heavy atom. The largest absolute Gasteiger partial charge is 0.504 e. The van der Waals surface area contributed by atoms with Crippen molar-refractivity contribution in [3.8, 4) is 17.6 Å². The molecule has 0 heterocycles. The SMILES string of the molecule is CCOc1cc(/C=C(\C#N)C(=O)NCCCOC)cc(I)c1O. The van der Waals surface area contributed by atoms with Gasteiger partial charge in [-0.05, 0) is 59.7 Å². The molecule has 23 heavy (non-hydrogen) atoms. The predicted molar refractivity (Wildman–Crippen MR) is 95.1 cm³/mol. The maximum atomic E-state index is 12.0. The minimum Gasteiger partial charge on any atom is -0.504 e. The lowest BCUT2D eigenvalue weighted by molar-refractivity contribution is -0.117. The number of nitrogens with one attached hydrogen (secondary N) is 1. The number of hydrogen-bond acceptors (Lipinski definition) is 5. The summed E-state index contributed by atoms with van der Waals surface area (Å²) < 4.78 is 10.8. The van der Waals surface area contributed by atoms with Gasteiger partial charge in [-0.25, -0.2) is 0 Å². The molecule has 7 heteroatoms. The van der Waals surface area contributed by atoms with E-state index < -0.39 is 5.91 Å². The molecule has 0 saturated carbocycles. The van der Waals surface area contributed by atoms with Crippen molar-refractivity contribution >= 4 is 34.6 Å². The molecule has 0 spiro atoms. The molecule has 6 nitrogen and oxygen atoms in total. The summed E-state index contributed by atoms with van der Waals surface area (Å²) in [5.74, 6) is -0.0692. The van der Waals surface area contributed by atoms with Crippen molar-refractivity contribution in [3.05, 3.63) is 26.8 Å². The molecule has 0 saturated heterocycles. The summed E-state index contributed by atoms with van der Waals surface area (Å²) in [6, 6.07) is 5.16. The van der Waals surface area contributed by atoms with Crippen LogP contribution in [0.1, 0.15) is 18.9 Å². The van der Waals surface area contributed by atoms with Crippen LogP contribution < -0.4 is 10.1 Å². The predicted octanol–water partition coefficient (Wildman–Crippen LogP) is 2.46. The molecule has 0 aliphatic carbocycles. The first-order valence-corrected chi connectivity index (χ1v) is 8.15. The van der Waals surface area contributed by atoms with E-state index in [1.807, 2.05) is 35.6 Å². The molecule has 0 unspecified atom stereocenters. The molecular weight excluding hydrogens is 411 g/mol. The van der Waals surface area contributed by atoms with Gasteiger partial charge >= 0.3 is 0 Å². The van der Waals surface area contributed by atoms with E-state index in [2.05, 4.69) is 5.32 Å². The Hall–Kier alpha value is -1.79. The number of halogens is 1. The third kappa shape index (κ3) is 6.08. The maximum Gasteiger partial charge on any atom is 0.261 e. The van der Waals surface area contributed by atoms with Gasteiger partial charge < -0.3 is 19.9 Å². The zero-order valence-corrected chi connectivity index (χ0v) is 15.2.